The molecule has 2 nitrogen and oxygen atoms in total. The van der Waals surface area contributed by atoms with E-state index < -0.39 is 0 Å². The molecule has 4 heteroatoms. The van der Waals surface area contributed by atoms with Gasteiger partial charge in [0.15, 0.2) is 0 Å². The molecule has 0 aliphatic carbocycles. The number of hydrogen-bond donors (Lipinski definition) is 1. The van der Waals surface area contributed by atoms with Crippen LogP contribution in [0.2, 0.25) is 0 Å². The minimum Gasteiger partial charge on any atom is -0.325 e. The highest BCUT2D eigenvalue weighted by Gasteiger charge is 2.04. The average molecular weight is 238 g/mol. The predicted molar refractivity (Wildman–Crippen MR) is 68.5 cm³/mol. The molecule has 0 saturated heterocycles. The molecule has 0 bridgehead atoms. The van der Waals surface area contributed by atoms with Gasteiger partial charge in [-0.1, -0.05) is 13.8 Å². The molecule has 15 heavy (non-hydrogen) atoms. The lowest BCUT2D eigenvalue weighted by atomic mass is 10.3. The van der Waals surface area contributed by atoms with Crippen molar-refractivity contribution >= 4 is 33.3 Å². The van der Waals surface area contributed by atoms with Gasteiger partial charge < -0.3 is 5.73 Å². The summed E-state index contributed by atoms with van der Waals surface area (Å²) >= 11 is 3.57. The molecular weight excluding hydrogens is 224 g/mol. The first-order valence-corrected chi connectivity index (χ1v) is 6.65. The van der Waals surface area contributed by atoms with E-state index in [1.165, 1.54) is 9.60 Å². The van der Waals surface area contributed by atoms with Crippen molar-refractivity contribution in [1.29, 1.82) is 0 Å². The molecule has 0 aliphatic heterocycles. The Hall–Kier alpha value is -0.580. The second-order valence-corrected chi connectivity index (χ2v) is 6.37. The van der Waals surface area contributed by atoms with Crippen LogP contribution in [0.5, 0.6) is 0 Å². The van der Waals surface area contributed by atoms with Crippen LogP contribution in [0.1, 0.15) is 18.9 Å². The van der Waals surface area contributed by atoms with Crippen LogP contribution in [0.4, 0.5) is 0 Å². The maximum absolute atomic E-state index is 5.58. The van der Waals surface area contributed by atoms with Crippen LogP contribution >= 0.6 is 23.1 Å². The standard InChI is InChI=1S/C11H14N2S2/c1-7(2)14-8-3-4-9-10(5-8)15-11(6-12)13-9/h3-5,7H,6,12H2,1-2H3. The van der Waals surface area contributed by atoms with Gasteiger partial charge in [0.25, 0.3) is 0 Å². The summed E-state index contributed by atoms with van der Waals surface area (Å²) in [5, 5.41) is 1.63. The van der Waals surface area contributed by atoms with Gasteiger partial charge in [0, 0.05) is 16.7 Å². The van der Waals surface area contributed by atoms with E-state index in [0.717, 1.165) is 10.5 Å². The fourth-order valence-electron chi connectivity index (χ4n) is 1.39. The highest BCUT2D eigenvalue weighted by atomic mass is 32.2. The number of rotatable bonds is 3. The molecule has 0 fully saturated rings. The SMILES string of the molecule is CC(C)Sc1ccc2nc(CN)sc2c1. The molecular formula is C11H14N2S2. The predicted octanol–water partition coefficient (Wildman–Crippen LogP) is 3.26. The van der Waals surface area contributed by atoms with Gasteiger partial charge in [0.1, 0.15) is 5.01 Å². The number of nitrogens with two attached hydrogens (primary N) is 1. The fourth-order valence-corrected chi connectivity index (χ4v) is 3.22. The third-order valence-corrected chi connectivity index (χ3v) is 3.99. The van der Waals surface area contributed by atoms with Crippen molar-refractivity contribution in [2.45, 2.75) is 30.5 Å². The van der Waals surface area contributed by atoms with Gasteiger partial charge in [0.05, 0.1) is 10.2 Å². The van der Waals surface area contributed by atoms with Gasteiger partial charge in [-0.15, -0.1) is 23.1 Å². The van der Waals surface area contributed by atoms with E-state index >= 15 is 0 Å². The summed E-state index contributed by atoms with van der Waals surface area (Å²) in [6.45, 7) is 4.94. The quantitative estimate of drug-likeness (QED) is 0.834. The van der Waals surface area contributed by atoms with E-state index in [-0.39, 0.29) is 0 Å². The third-order valence-electron chi connectivity index (χ3n) is 1.95. The van der Waals surface area contributed by atoms with Gasteiger partial charge in [0.2, 0.25) is 0 Å². The van der Waals surface area contributed by atoms with Crippen molar-refractivity contribution in [3.05, 3.63) is 23.2 Å². The van der Waals surface area contributed by atoms with E-state index in [9.17, 15) is 0 Å². The van der Waals surface area contributed by atoms with Gasteiger partial charge in [-0.3, -0.25) is 0 Å². The maximum Gasteiger partial charge on any atom is 0.107 e. The monoisotopic (exact) mass is 238 g/mol. The lowest BCUT2D eigenvalue weighted by Crippen LogP contribution is -1.93. The van der Waals surface area contributed by atoms with Crippen molar-refractivity contribution in [1.82, 2.24) is 4.98 Å². The second kappa shape index (κ2) is 4.51. The van der Waals surface area contributed by atoms with Crippen molar-refractivity contribution in [3.8, 4) is 0 Å². The topological polar surface area (TPSA) is 38.9 Å². The number of thiazole rings is 1. The molecule has 2 rings (SSSR count). The first-order chi connectivity index (χ1) is 7.19. The van der Waals surface area contributed by atoms with E-state index in [4.69, 9.17) is 5.73 Å². The fraction of sp³-hybridized carbons (Fsp3) is 0.364. The van der Waals surface area contributed by atoms with Gasteiger partial charge in [-0.05, 0) is 18.2 Å². The molecule has 1 heterocycles. The lowest BCUT2D eigenvalue weighted by molar-refractivity contribution is 1.05. The summed E-state index contributed by atoms with van der Waals surface area (Å²) in [4.78, 5) is 5.75. The third kappa shape index (κ3) is 2.51. The number of thioether (sulfide) groups is 1. The molecule has 1 aromatic carbocycles. The van der Waals surface area contributed by atoms with Crippen molar-refractivity contribution in [3.63, 3.8) is 0 Å². The minimum absolute atomic E-state index is 0.534. The van der Waals surface area contributed by atoms with Crippen molar-refractivity contribution in [2.75, 3.05) is 0 Å². The molecule has 1 aromatic heterocycles. The summed E-state index contributed by atoms with van der Waals surface area (Å²) in [7, 11) is 0. The summed E-state index contributed by atoms with van der Waals surface area (Å²) in [5.41, 5.74) is 6.64. The highest BCUT2D eigenvalue weighted by Crippen LogP contribution is 2.29. The maximum atomic E-state index is 5.58. The van der Waals surface area contributed by atoms with E-state index in [1.807, 2.05) is 11.8 Å². The van der Waals surface area contributed by atoms with Crippen molar-refractivity contribution in [2.24, 2.45) is 5.73 Å². The first-order valence-electron chi connectivity index (χ1n) is 4.95. The Bertz CT molecular complexity index is 463. The van der Waals surface area contributed by atoms with Crippen LogP contribution in [0.3, 0.4) is 0 Å². The Balaban J connectivity index is 2.37. The number of hydrogen-bond acceptors (Lipinski definition) is 4. The molecule has 2 aromatic rings. The number of aromatic nitrogens is 1. The summed E-state index contributed by atoms with van der Waals surface area (Å²) in [5.74, 6) is 0. The van der Waals surface area contributed by atoms with Crippen LogP contribution in [0.25, 0.3) is 10.2 Å². The Morgan fingerprint density at radius 2 is 2.27 bits per heavy atom. The largest absolute Gasteiger partial charge is 0.325 e. The van der Waals surface area contributed by atoms with E-state index in [0.29, 0.717) is 11.8 Å². The molecule has 0 unspecified atom stereocenters. The summed E-state index contributed by atoms with van der Waals surface area (Å²) in [6, 6.07) is 6.42. The first kappa shape index (κ1) is 10.9. The summed E-state index contributed by atoms with van der Waals surface area (Å²) in [6.07, 6.45) is 0. The van der Waals surface area contributed by atoms with Gasteiger partial charge in [-0.2, -0.15) is 0 Å². The smallest absolute Gasteiger partial charge is 0.107 e. The number of nitrogens with zero attached hydrogens (tertiary/aromatic N) is 1. The minimum atomic E-state index is 0.534. The van der Waals surface area contributed by atoms with Crippen LogP contribution in [0, 0.1) is 0 Å². The van der Waals surface area contributed by atoms with Crippen LogP contribution < -0.4 is 5.73 Å². The number of fused-ring (bicyclic) bond motifs is 1. The van der Waals surface area contributed by atoms with Crippen molar-refractivity contribution < 1.29 is 0 Å². The zero-order valence-electron chi connectivity index (χ0n) is 8.86. The zero-order chi connectivity index (χ0) is 10.8. The molecule has 0 radical (unpaired) electrons. The average Bonchev–Trinajstić information content (AvgIpc) is 2.58. The zero-order valence-corrected chi connectivity index (χ0v) is 10.5. The van der Waals surface area contributed by atoms with Crippen LogP contribution in [-0.2, 0) is 6.54 Å². The molecule has 0 saturated carbocycles. The Labute approximate surface area is 97.9 Å². The molecule has 80 valence electrons. The van der Waals surface area contributed by atoms with Gasteiger partial charge >= 0.3 is 0 Å². The molecule has 0 amide bonds. The Morgan fingerprint density at radius 3 is 2.93 bits per heavy atom. The molecule has 0 spiro atoms. The van der Waals surface area contributed by atoms with E-state index in [1.54, 1.807) is 11.3 Å². The lowest BCUT2D eigenvalue weighted by Gasteiger charge is -2.03. The van der Waals surface area contributed by atoms with Crippen LogP contribution in [0.15, 0.2) is 23.1 Å². The molecule has 0 aliphatic rings. The molecule has 2 N–H and O–H groups in total. The molecule has 0 atom stereocenters. The van der Waals surface area contributed by atoms with E-state index in [2.05, 4.69) is 37.0 Å². The number of benzene rings is 1. The van der Waals surface area contributed by atoms with Gasteiger partial charge in [-0.25, -0.2) is 4.98 Å². The second-order valence-electron chi connectivity index (χ2n) is 3.61. The Kier molecular flexibility index (Phi) is 3.29. The normalized spacial score (nSPS) is 11.5. The highest BCUT2D eigenvalue weighted by molar-refractivity contribution is 7.99. The Morgan fingerprint density at radius 1 is 1.47 bits per heavy atom. The summed E-state index contributed by atoms with van der Waals surface area (Å²) < 4.78 is 1.24. The van der Waals surface area contributed by atoms with Crippen LogP contribution in [-0.4, -0.2) is 10.2 Å².